The Bertz CT molecular complexity index is 818. The number of carbonyl (C=O) groups is 1. The summed E-state index contributed by atoms with van der Waals surface area (Å²) < 4.78 is 0. The van der Waals surface area contributed by atoms with Gasteiger partial charge in [0.25, 0.3) is 0 Å². The van der Waals surface area contributed by atoms with Gasteiger partial charge in [-0.2, -0.15) is 0 Å². The van der Waals surface area contributed by atoms with E-state index in [4.69, 9.17) is 0 Å². The van der Waals surface area contributed by atoms with Crippen molar-refractivity contribution in [3.8, 4) is 0 Å². The Morgan fingerprint density at radius 1 is 0.815 bits per heavy atom. The number of carbonyl (C=O) groups excluding carboxylic acids is 1. The molecule has 5 rings (SSSR count). The molecule has 1 amide bonds. The van der Waals surface area contributed by atoms with Gasteiger partial charge in [-0.25, -0.2) is 0 Å². The molecule has 2 aliphatic carbocycles. The quantitative estimate of drug-likeness (QED) is 0.836. The molecule has 0 N–H and O–H groups in total. The van der Waals surface area contributed by atoms with Crippen LogP contribution in [0.15, 0.2) is 36.4 Å². The minimum Gasteiger partial charge on any atom is -0.368 e. The third kappa shape index (κ3) is 3.13. The third-order valence-corrected chi connectivity index (χ3v) is 6.59. The van der Waals surface area contributed by atoms with E-state index < -0.39 is 0 Å². The van der Waals surface area contributed by atoms with E-state index in [2.05, 4.69) is 15.9 Å². The molecule has 1 heterocycles. The second-order valence-corrected chi connectivity index (χ2v) is 8.24. The molecule has 0 radical (unpaired) electrons. The van der Waals surface area contributed by atoms with Crippen LogP contribution in [-0.4, -0.2) is 37.0 Å². The SMILES string of the molecule is O=C(Cc1ccccc1)N1CCN(c2c3c(cc4c2CCC4)CCC3)CC1. The molecular formula is C24H28N2O. The Morgan fingerprint density at radius 2 is 1.44 bits per heavy atom. The molecule has 0 atom stereocenters. The number of rotatable bonds is 3. The molecule has 1 saturated heterocycles. The first-order chi connectivity index (χ1) is 13.3. The number of piperazine rings is 1. The van der Waals surface area contributed by atoms with Crippen LogP contribution in [0.3, 0.4) is 0 Å². The Balaban J connectivity index is 1.31. The molecule has 3 aliphatic rings. The molecular weight excluding hydrogens is 332 g/mol. The number of aryl methyl sites for hydroxylation is 2. The lowest BCUT2D eigenvalue weighted by Gasteiger charge is -2.38. The summed E-state index contributed by atoms with van der Waals surface area (Å²) in [6.45, 7) is 3.65. The fraction of sp³-hybridized carbons (Fsp3) is 0.458. The van der Waals surface area contributed by atoms with Crippen molar-refractivity contribution in [3.05, 3.63) is 64.2 Å². The average molecular weight is 361 g/mol. The maximum atomic E-state index is 12.7. The molecule has 1 aliphatic heterocycles. The molecule has 0 unspecified atom stereocenters. The van der Waals surface area contributed by atoms with Crippen LogP contribution in [0, 0.1) is 0 Å². The molecule has 0 saturated carbocycles. The summed E-state index contributed by atoms with van der Waals surface area (Å²) in [7, 11) is 0. The first kappa shape index (κ1) is 16.9. The van der Waals surface area contributed by atoms with E-state index in [0.717, 1.165) is 31.7 Å². The number of benzene rings is 2. The van der Waals surface area contributed by atoms with E-state index in [9.17, 15) is 4.79 Å². The lowest BCUT2D eigenvalue weighted by atomic mass is 9.97. The van der Waals surface area contributed by atoms with Gasteiger partial charge in [-0.3, -0.25) is 4.79 Å². The lowest BCUT2D eigenvalue weighted by Crippen LogP contribution is -2.49. The van der Waals surface area contributed by atoms with Crippen molar-refractivity contribution in [2.24, 2.45) is 0 Å². The van der Waals surface area contributed by atoms with Crippen LogP contribution in [0.5, 0.6) is 0 Å². The van der Waals surface area contributed by atoms with Gasteiger partial charge < -0.3 is 9.80 Å². The lowest BCUT2D eigenvalue weighted by molar-refractivity contribution is -0.130. The highest BCUT2D eigenvalue weighted by molar-refractivity contribution is 5.79. The van der Waals surface area contributed by atoms with Gasteiger partial charge in [-0.05, 0) is 66.3 Å². The number of anilines is 1. The minimum absolute atomic E-state index is 0.268. The van der Waals surface area contributed by atoms with Crippen LogP contribution in [0.25, 0.3) is 0 Å². The van der Waals surface area contributed by atoms with Crippen LogP contribution < -0.4 is 4.90 Å². The predicted octanol–water partition coefficient (Wildman–Crippen LogP) is 3.56. The Hall–Kier alpha value is -2.29. The summed E-state index contributed by atoms with van der Waals surface area (Å²) in [5.41, 5.74) is 9.14. The standard InChI is InChI=1S/C24H28N2O/c27-23(16-18-6-2-1-3-7-18)25-12-14-26(15-13-25)24-21-10-4-8-19(21)17-20-9-5-11-22(20)24/h1-3,6-7,17H,4-5,8-16H2. The molecule has 1 fully saturated rings. The smallest absolute Gasteiger partial charge is 0.227 e. The Kier molecular flexibility index (Phi) is 4.39. The molecule has 27 heavy (non-hydrogen) atoms. The number of fused-ring (bicyclic) bond motifs is 2. The molecule has 3 heteroatoms. The molecule has 0 spiro atoms. The summed E-state index contributed by atoms with van der Waals surface area (Å²) in [4.78, 5) is 17.4. The van der Waals surface area contributed by atoms with Crippen LogP contribution >= 0.6 is 0 Å². The zero-order valence-electron chi connectivity index (χ0n) is 16.0. The van der Waals surface area contributed by atoms with E-state index in [0.29, 0.717) is 6.42 Å². The van der Waals surface area contributed by atoms with Gasteiger partial charge in [0, 0.05) is 31.9 Å². The van der Waals surface area contributed by atoms with Crippen molar-refractivity contribution in [1.82, 2.24) is 4.90 Å². The summed E-state index contributed by atoms with van der Waals surface area (Å²) >= 11 is 0. The maximum absolute atomic E-state index is 12.7. The summed E-state index contributed by atoms with van der Waals surface area (Å²) in [6, 6.07) is 12.6. The van der Waals surface area contributed by atoms with Crippen molar-refractivity contribution in [1.29, 1.82) is 0 Å². The van der Waals surface area contributed by atoms with Crippen molar-refractivity contribution < 1.29 is 4.79 Å². The van der Waals surface area contributed by atoms with Crippen LogP contribution in [0.2, 0.25) is 0 Å². The van der Waals surface area contributed by atoms with Crippen LogP contribution in [-0.2, 0) is 36.9 Å². The van der Waals surface area contributed by atoms with E-state index in [1.807, 2.05) is 30.3 Å². The Morgan fingerprint density at radius 3 is 2.07 bits per heavy atom. The van der Waals surface area contributed by atoms with Gasteiger partial charge in [-0.1, -0.05) is 36.4 Å². The highest BCUT2D eigenvalue weighted by Crippen LogP contribution is 2.40. The first-order valence-corrected chi connectivity index (χ1v) is 10.5. The third-order valence-electron chi connectivity index (χ3n) is 6.59. The molecule has 2 aromatic rings. The van der Waals surface area contributed by atoms with E-state index in [1.165, 1.54) is 38.5 Å². The van der Waals surface area contributed by atoms with Gasteiger partial charge in [0.1, 0.15) is 0 Å². The number of hydrogen-bond donors (Lipinski definition) is 0. The van der Waals surface area contributed by atoms with Gasteiger partial charge in [0.2, 0.25) is 5.91 Å². The first-order valence-electron chi connectivity index (χ1n) is 10.5. The summed E-state index contributed by atoms with van der Waals surface area (Å²) in [5, 5.41) is 0. The topological polar surface area (TPSA) is 23.6 Å². The summed E-state index contributed by atoms with van der Waals surface area (Å²) in [6.07, 6.45) is 8.13. The maximum Gasteiger partial charge on any atom is 0.227 e. The van der Waals surface area contributed by atoms with Gasteiger partial charge in [0.15, 0.2) is 0 Å². The predicted molar refractivity (Wildman–Crippen MR) is 109 cm³/mol. The monoisotopic (exact) mass is 360 g/mol. The van der Waals surface area contributed by atoms with Gasteiger partial charge in [0.05, 0.1) is 6.42 Å². The number of nitrogens with zero attached hydrogens (tertiary/aromatic N) is 2. The minimum atomic E-state index is 0.268. The fourth-order valence-electron chi connectivity index (χ4n) is 5.23. The zero-order chi connectivity index (χ0) is 18.2. The van der Waals surface area contributed by atoms with Crippen molar-refractivity contribution >= 4 is 11.6 Å². The van der Waals surface area contributed by atoms with Gasteiger partial charge in [-0.15, -0.1) is 0 Å². The van der Waals surface area contributed by atoms with Crippen LogP contribution in [0.4, 0.5) is 5.69 Å². The second kappa shape index (κ2) is 7.03. The van der Waals surface area contributed by atoms with Gasteiger partial charge >= 0.3 is 0 Å². The van der Waals surface area contributed by atoms with E-state index >= 15 is 0 Å². The fourth-order valence-corrected chi connectivity index (χ4v) is 5.23. The highest BCUT2D eigenvalue weighted by Gasteiger charge is 2.29. The number of hydrogen-bond acceptors (Lipinski definition) is 2. The zero-order valence-corrected chi connectivity index (χ0v) is 16.0. The van der Waals surface area contributed by atoms with E-state index in [1.54, 1.807) is 27.9 Å². The second-order valence-electron chi connectivity index (χ2n) is 8.24. The highest BCUT2D eigenvalue weighted by atomic mass is 16.2. The average Bonchev–Trinajstić information content (AvgIpc) is 3.36. The molecule has 3 nitrogen and oxygen atoms in total. The van der Waals surface area contributed by atoms with E-state index in [-0.39, 0.29) is 5.91 Å². The molecule has 0 bridgehead atoms. The van der Waals surface area contributed by atoms with Crippen molar-refractivity contribution in [2.45, 2.75) is 44.9 Å². The van der Waals surface area contributed by atoms with Crippen LogP contribution in [0.1, 0.15) is 40.7 Å². The largest absolute Gasteiger partial charge is 0.368 e. The number of amides is 1. The molecule has 140 valence electrons. The van der Waals surface area contributed by atoms with Crippen molar-refractivity contribution in [2.75, 3.05) is 31.1 Å². The Labute approximate surface area is 162 Å². The normalized spacial score (nSPS) is 18.5. The summed E-state index contributed by atoms with van der Waals surface area (Å²) in [5.74, 6) is 0.268. The molecule has 0 aromatic heterocycles. The molecule has 2 aromatic carbocycles. The van der Waals surface area contributed by atoms with Crippen molar-refractivity contribution in [3.63, 3.8) is 0 Å².